The maximum Gasteiger partial charge on any atom is 0.341 e. The average Bonchev–Trinajstić information content (AvgIpc) is 2.39. The molecule has 0 radical (unpaired) electrons. The standard InChI is InChI=1S/C12H7Cl3N2O2/c13-8-3-1-2-7(4-8)6-19-12(18)9-5-10(14)16-17-11(9)15/h1-5H,6H2. The summed E-state index contributed by atoms with van der Waals surface area (Å²) < 4.78 is 5.10. The Morgan fingerprint density at radius 2 is 1.95 bits per heavy atom. The van der Waals surface area contributed by atoms with Crippen LogP contribution in [0, 0.1) is 0 Å². The third-order valence-corrected chi connectivity index (χ3v) is 2.90. The van der Waals surface area contributed by atoms with Gasteiger partial charge in [0.2, 0.25) is 0 Å². The van der Waals surface area contributed by atoms with E-state index in [1.165, 1.54) is 6.07 Å². The molecule has 0 aliphatic rings. The van der Waals surface area contributed by atoms with Gasteiger partial charge in [-0.1, -0.05) is 46.9 Å². The maximum atomic E-state index is 11.8. The van der Waals surface area contributed by atoms with Gasteiger partial charge < -0.3 is 4.74 Å². The fraction of sp³-hybridized carbons (Fsp3) is 0.0833. The summed E-state index contributed by atoms with van der Waals surface area (Å²) in [6.45, 7) is 0.0790. The second-order valence-electron chi connectivity index (χ2n) is 3.58. The van der Waals surface area contributed by atoms with Crippen LogP contribution in [0.5, 0.6) is 0 Å². The molecule has 0 unspecified atom stereocenters. The Balaban J connectivity index is 2.07. The molecule has 7 heteroatoms. The van der Waals surface area contributed by atoms with E-state index in [-0.39, 0.29) is 22.5 Å². The molecule has 19 heavy (non-hydrogen) atoms. The van der Waals surface area contributed by atoms with Crippen molar-refractivity contribution in [3.05, 3.63) is 56.8 Å². The molecular formula is C12H7Cl3N2O2. The van der Waals surface area contributed by atoms with Gasteiger partial charge in [0.1, 0.15) is 12.2 Å². The molecule has 0 N–H and O–H groups in total. The monoisotopic (exact) mass is 316 g/mol. The van der Waals surface area contributed by atoms with Gasteiger partial charge >= 0.3 is 5.97 Å². The number of benzene rings is 1. The molecule has 0 saturated heterocycles. The normalized spacial score (nSPS) is 10.3. The molecule has 0 atom stereocenters. The van der Waals surface area contributed by atoms with Crippen LogP contribution in [0.4, 0.5) is 0 Å². The van der Waals surface area contributed by atoms with E-state index in [4.69, 9.17) is 39.5 Å². The molecule has 98 valence electrons. The number of carbonyl (C=O) groups excluding carboxylic acids is 1. The maximum absolute atomic E-state index is 11.8. The van der Waals surface area contributed by atoms with E-state index in [1.807, 2.05) is 0 Å². The first-order valence-electron chi connectivity index (χ1n) is 5.16. The van der Waals surface area contributed by atoms with Crippen LogP contribution >= 0.6 is 34.8 Å². The second kappa shape index (κ2) is 6.19. The molecule has 1 aromatic heterocycles. The Hall–Kier alpha value is -1.36. The van der Waals surface area contributed by atoms with Crippen molar-refractivity contribution in [2.24, 2.45) is 0 Å². The zero-order chi connectivity index (χ0) is 13.8. The summed E-state index contributed by atoms with van der Waals surface area (Å²) in [4.78, 5) is 11.8. The third kappa shape index (κ3) is 3.80. The lowest BCUT2D eigenvalue weighted by Gasteiger charge is -2.06. The van der Waals surface area contributed by atoms with Crippen molar-refractivity contribution in [1.82, 2.24) is 10.2 Å². The van der Waals surface area contributed by atoms with Crippen molar-refractivity contribution in [3.8, 4) is 0 Å². The van der Waals surface area contributed by atoms with E-state index in [9.17, 15) is 4.79 Å². The summed E-state index contributed by atoms with van der Waals surface area (Å²) in [5.74, 6) is -0.623. The number of carbonyl (C=O) groups is 1. The van der Waals surface area contributed by atoms with Crippen LogP contribution in [-0.2, 0) is 11.3 Å². The largest absolute Gasteiger partial charge is 0.457 e. The highest BCUT2D eigenvalue weighted by atomic mass is 35.5. The van der Waals surface area contributed by atoms with Gasteiger partial charge in [0.15, 0.2) is 10.3 Å². The molecule has 0 aliphatic carbocycles. The molecule has 0 saturated carbocycles. The van der Waals surface area contributed by atoms with E-state index in [1.54, 1.807) is 24.3 Å². The summed E-state index contributed by atoms with van der Waals surface area (Å²) in [6, 6.07) is 8.30. The fourth-order valence-corrected chi connectivity index (χ4v) is 1.88. The van der Waals surface area contributed by atoms with Crippen LogP contribution in [-0.4, -0.2) is 16.2 Å². The van der Waals surface area contributed by atoms with E-state index in [2.05, 4.69) is 10.2 Å². The summed E-state index contributed by atoms with van der Waals surface area (Å²) in [7, 11) is 0. The molecule has 4 nitrogen and oxygen atoms in total. The fourth-order valence-electron chi connectivity index (χ4n) is 1.35. The minimum absolute atomic E-state index is 0.0551. The van der Waals surface area contributed by atoms with Crippen molar-refractivity contribution in [2.45, 2.75) is 6.61 Å². The SMILES string of the molecule is O=C(OCc1cccc(Cl)c1)c1cc(Cl)nnc1Cl. The molecule has 1 aromatic carbocycles. The first kappa shape index (κ1) is 14.1. The molecule has 2 aromatic rings. The van der Waals surface area contributed by atoms with Gasteiger partial charge in [0.05, 0.1) is 0 Å². The van der Waals surface area contributed by atoms with Gasteiger partial charge in [-0.2, -0.15) is 0 Å². The number of ether oxygens (including phenoxy) is 1. The van der Waals surface area contributed by atoms with Crippen molar-refractivity contribution in [1.29, 1.82) is 0 Å². The van der Waals surface area contributed by atoms with Gasteiger partial charge in [0.25, 0.3) is 0 Å². The van der Waals surface area contributed by atoms with E-state index >= 15 is 0 Å². The minimum atomic E-state index is -0.623. The van der Waals surface area contributed by atoms with Gasteiger partial charge in [-0.25, -0.2) is 4.79 Å². The van der Waals surface area contributed by atoms with Crippen LogP contribution in [0.1, 0.15) is 15.9 Å². The van der Waals surface area contributed by atoms with Crippen molar-refractivity contribution < 1.29 is 9.53 Å². The van der Waals surface area contributed by atoms with Gasteiger partial charge in [-0.3, -0.25) is 0 Å². The number of aromatic nitrogens is 2. The summed E-state index contributed by atoms with van der Waals surface area (Å²) >= 11 is 17.2. The molecule has 0 amide bonds. The lowest BCUT2D eigenvalue weighted by molar-refractivity contribution is 0.0472. The highest BCUT2D eigenvalue weighted by Gasteiger charge is 2.14. The first-order valence-corrected chi connectivity index (χ1v) is 6.30. The zero-order valence-corrected chi connectivity index (χ0v) is 11.7. The summed E-state index contributed by atoms with van der Waals surface area (Å²) in [5.41, 5.74) is 0.841. The van der Waals surface area contributed by atoms with Gasteiger partial charge in [-0.05, 0) is 23.8 Å². The summed E-state index contributed by atoms with van der Waals surface area (Å²) in [6.07, 6.45) is 0. The molecule has 0 aliphatic heterocycles. The van der Waals surface area contributed by atoms with Crippen LogP contribution in [0.15, 0.2) is 30.3 Å². The third-order valence-electron chi connectivity index (χ3n) is 2.20. The number of halogens is 3. The minimum Gasteiger partial charge on any atom is -0.457 e. The Labute approximate surface area is 124 Å². The molecular weight excluding hydrogens is 311 g/mol. The van der Waals surface area contributed by atoms with Gasteiger partial charge in [-0.15, -0.1) is 10.2 Å². The molecule has 1 heterocycles. The highest BCUT2D eigenvalue weighted by Crippen LogP contribution is 2.17. The molecule has 0 fully saturated rings. The smallest absolute Gasteiger partial charge is 0.341 e. The van der Waals surface area contributed by atoms with Crippen LogP contribution < -0.4 is 0 Å². The predicted molar refractivity (Wildman–Crippen MR) is 72.6 cm³/mol. The Kier molecular flexibility index (Phi) is 4.58. The van der Waals surface area contributed by atoms with Crippen molar-refractivity contribution in [3.63, 3.8) is 0 Å². The Morgan fingerprint density at radius 1 is 1.16 bits per heavy atom. The Bertz CT molecular complexity index is 620. The first-order chi connectivity index (χ1) is 9.06. The average molecular weight is 318 g/mol. The lowest BCUT2D eigenvalue weighted by atomic mass is 10.2. The zero-order valence-electron chi connectivity index (χ0n) is 9.44. The van der Waals surface area contributed by atoms with Crippen molar-refractivity contribution in [2.75, 3.05) is 0 Å². The van der Waals surface area contributed by atoms with E-state index in [0.29, 0.717) is 5.02 Å². The molecule has 2 rings (SSSR count). The number of rotatable bonds is 3. The molecule has 0 bridgehead atoms. The predicted octanol–water partition coefficient (Wildman–Crippen LogP) is 3.79. The highest BCUT2D eigenvalue weighted by molar-refractivity contribution is 6.33. The number of hydrogen-bond acceptors (Lipinski definition) is 4. The number of hydrogen-bond donors (Lipinski definition) is 0. The molecule has 0 spiro atoms. The summed E-state index contributed by atoms with van der Waals surface area (Å²) in [5, 5.41) is 7.62. The van der Waals surface area contributed by atoms with Crippen LogP contribution in [0.2, 0.25) is 15.3 Å². The topological polar surface area (TPSA) is 52.1 Å². The number of esters is 1. The van der Waals surface area contributed by atoms with E-state index < -0.39 is 5.97 Å². The van der Waals surface area contributed by atoms with Gasteiger partial charge in [0, 0.05) is 5.02 Å². The van der Waals surface area contributed by atoms with Crippen molar-refractivity contribution >= 4 is 40.8 Å². The lowest BCUT2D eigenvalue weighted by Crippen LogP contribution is -2.07. The number of nitrogens with zero attached hydrogens (tertiary/aromatic N) is 2. The second-order valence-corrected chi connectivity index (χ2v) is 4.76. The van der Waals surface area contributed by atoms with Crippen LogP contribution in [0.25, 0.3) is 0 Å². The quantitative estimate of drug-likeness (QED) is 0.808. The Morgan fingerprint density at radius 3 is 2.68 bits per heavy atom. The van der Waals surface area contributed by atoms with E-state index in [0.717, 1.165) is 5.56 Å². The van der Waals surface area contributed by atoms with Crippen LogP contribution in [0.3, 0.4) is 0 Å².